The zero-order chi connectivity index (χ0) is 27.2. The highest BCUT2D eigenvalue weighted by atomic mass is 35.5. The lowest BCUT2D eigenvalue weighted by Gasteiger charge is -2.24. The number of aromatic nitrogens is 1. The number of hydrogen-bond acceptors (Lipinski definition) is 4. The summed E-state index contributed by atoms with van der Waals surface area (Å²) in [7, 11) is 0. The Hall–Kier alpha value is -4.06. The van der Waals surface area contributed by atoms with Crippen LogP contribution in [0, 0.1) is 0 Å². The second-order valence-corrected chi connectivity index (χ2v) is 9.62. The third kappa shape index (κ3) is 5.70. The molecule has 5 rings (SSSR count). The molecule has 0 spiro atoms. The first-order chi connectivity index (χ1) is 19.1. The average molecular weight is 540 g/mol. The second kappa shape index (κ2) is 12.2. The number of aliphatic hydroxyl groups is 1. The Kier molecular flexibility index (Phi) is 8.30. The number of carbonyl (C=O) groups is 1. The van der Waals surface area contributed by atoms with E-state index in [0.717, 1.165) is 33.3 Å². The van der Waals surface area contributed by atoms with Gasteiger partial charge in [-0.25, -0.2) is 4.79 Å². The molecule has 0 aliphatic rings. The van der Waals surface area contributed by atoms with Crippen molar-refractivity contribution in [3.63, 3.8) is 0 Å². The average Bonchev–Trinajstić information content (AvgIpc) is 3.27. The Balaban J connectivity index is 1.51. The van der Waals surface area contributed by atoms with E-state index in [9.17, 15) is 9.90 Å². The molecule has 0 radical (unpaired) electrons. The van der Waals surface area contributed by atoms with E-state index < -0.39 is 0 Å². The van der Waals surface area contributed by atoms with Crippen molar-refractivity contribution in [2.45, 2.75) is 26.0 Å². The molecule has 0 aliphatic carbocycles. The number of rotatable bonds is 10. The van der Waals surface area contributed by atoms with Gasteiger partial charge in [0.1, 0.15) is 5.75 Å². The molecule has 0 amide bonds. The van der Waals surface area contributed by atoms with E-state index >= 15 is 0 Å². The lowest BCUT2D eigenvalue weighted by atomic mass is 9.98. The summed E-state index contributed by atoms with van der Waals surface area (Å²) >= 11 is 6.46. The van der Waals surface area contributed by atoms with E-state index in [4.69, 9.17) is 21.1 Å². The van der Waals surface area contributed by atoms with Crippen LogP contribution in [0.1, 0.15) is 45.7 Å². The molecule has 0 unspecified atom stereocenters. The quantitative estimate of drug-likeness (QED) is 0.190. The molecule has 1 heterocycles. The molecule has 4 aromatic carbocycles. The van der Waals surface area contributed by atoms with Crippen molar-refractivity contribution < 1.29 is 19.4 Å². The summed E-state index contributed by atoms with van der Waals surface area (Å²) in [5, 5.41) is 12.3. The highest BCUT2D eigenvalue weighted by Crippen LogP contribution is 2.37. The summed E-state index contributed by atoms with van der Waals surface area (Å²) in [5.41, 5.74) is 5.54. The highest BCUT2D eigenvalue weighted by Gasteiger charge is 2.25. The van der Waals surface area contributed by atoms with Crippen LogP contribution in [0.4, 0.5) is 0 Å². The Morgan fingerprint density at radius 2 is 1.54 bits per heavy atom. The number of esters is 1. The molecule has 1 aromatic heterocycles. The minimum Gasteiger partial charge on any atom is -0.493 e. The number of carbonyl (C=O) groups excluding carboxylic acids is 1. The normalized spacial score (nSPS) is 11.2. The van der Waals surface area contributed by atoms with Crippen molar-refractivity contribution in [2.75, 3.05) is 13.2 Å². The van der Waals surface area contributed by atoms with E-state index in [1.54, 1.807) is 31.2 Å². The minimum atomic E-state index is -0.354. The number of nitrogens with zero attached hydrogens (tertiary/aromatic N) is 1. The van der Waals surface area contributed by atoms with Gasteiger partial charge < -0.3 is 19.1 Å². The molecule has 6 heteroatoms. The molecular formula is C33H30ClNO4. The summed E-state index contributed by atoms with van der Waals surface area (Å²) in [5.74, 6) is 0.300. The van der Waals surface area contributed by atoms with Crippen LogP contribution in [0.15, 0.2) is 103 Å². The molecule has 39 heavy (non-hydrogen) atoms. The Bertz CT molecular complexity index is 1510. The van der Waals surface area contributed by atoms with Gasteiger partial charge in [-0.2, -0.15) is 0 Å². The second-order valence-electron chi connectivity index (χ2n) is 9.18. The summed E-state index contributed by atoms with van der Waals surface area (Å²) in [4.78, 5) is 11.9. The lowest BCUT2D eigenvalue weighted by molar-refractivity contribution is 0.0526. The topological polar surface area (TPSA) is 60.7 Å². The van der Waals surface area contributed by atoms with Crippen LogP contribution in [0.5, 0.6) is 5.75 Å². The van der Waals surface area contributed by atoms with Gasteiger partial charge in [-0.05, 0) is 66.1 Å². The number of halogens is 1. The van der Waals surface area contributed by atoms with E-state index in [1.807, 2.05) is 54.6 Å². The van der Waals surface area contributed by atoms with Crippen LogP contribution < -0.4 is 4.74 Å². The van der Waals surface area contributed by atoms with Crippen LogP contribution in [-0.4, -0.2) is 28.9 Å². The zero-order valence-electron chi connectivity index (χ0n) is 21.7. The van der Waals surface area contributed by atoms with Crippen molar-refractivity contribution in [1.29, 1.82) is 0 Å². The molecule has 198 valence electrons. The first kappa shape index (κ1) is 26.5. The van der Waals surface area contributed by atoms with E-state index in [2.05, 4.69) is 28.8 Å². The number of fused-ring (bicyclic) bond motifs is 1. The van der Waals surface area contributed by atoms with Gasteiger partial charge in [0, 0.05) is 28.0 Å². The largest absolute Gasteiger partial charge is 0.493 e. The van der Waals surface area contributed by atoms with Crippen molar-refractivity contribution in [1.82, 2.24) is 4.57 Å². The van der Waals surface area contributed by atoms with E-state index in [0.29, 0.717) is 36.0 Å². The molecule has 0 aliphatic heterocycles. The predicted octanol–water partition coefficient (Wildman–Crippen LogP) is 7.22. The Labute approximate surface area is 233 Å². The van der Waals surface area contributed by atoms with Gasteiger partial charge in [0.2, 0.25) is 0 Å². The first-order valence-electron chi connectivity index (χ1n) is 13.0. The summed E-state index contributed by atoms with van der Waals surface area (Å²) in [6.07, 6.45) is 0.565. The van der Waals surface area contributed by atoms with Gasteiger partial charge in [-0.1, -0.05) is 72.3 Å². The van der Waals surface area contributed by atoms with Crippen LogP contribution in [0.25, 0.3) is 10.9 Å². The van der Waals surface area contributed by atoms with Crippen LogP contribution >= 0.6 is 11.6 Å². The number of aliphatic hydroxyl groups excluding tert-OH is 1. The fourth-order valence-corrected chi connectivity index (χ4v) is 5.26. The van der Waals surface area contributed by atoms with Crippen molar-refractivity contribution >= 4 is 28.5 Å². The van der Waals surface area contributed by atoms with Crippen LogP contribution in [0.2, 0.25) is 5.02 Å². The number of hydrogen-bond donors (Lipinski definition) is 1. The molecule has 1 N–H and O–H groups in total. The molecule has 0 bridgehead atoms. The van der Waals surface area contributed by atoms with Crippen molar-refractivity contribution in [2.24, 2.45) is 0 Å². The van der Waals surface area contributed by atoms with Crippen LogP contribution in [0.3, 0.4) is 0 Å². The Morgan fingerprint density at radius 1 is 0.897 bits per heavy atom. The fraction of sp³-hybridized carbons (Fsp3) is 0.182. The zero-order valence-corrected chi connectivity index (χ0v) is 22.5. The summed E-state index contributed by atoms with van der Waals surface area (Å²) < 4.78 is 13.3. The monoisotopic (exact) mass is 539 g/mol. The third-order valence-corrected chi connectivity index (χ3v) is 7.04. The van der Waals surface area contributed by atoms with Gasteiger partial charge in [-0.15, -0.1) is 0 Å². The minimum absolute atomic E-state index is 0.133. The van der Waals surface area contributed by atoms with Crippen molar-refractivity contribution in [3.8, 4) is 5.75 Å². The van der Waals surface area contributed by atoms with Gasteiger partial charge >= 0.3 is 5.97 Å². The molecule has 0 saturated heterocycles. The standard InChI is InChI=1S/C33H30ClNO4/c1-2-38-33(37)25-13-16-27(17-14-25)39-20-19-28-29-21-26(34)15-18-30(29)35(31(28)22-36)32(23-9-5-3-6-10-23)24-11-7-4-8-12-24/h3-18,21,32,36H,2,19-20,22H2,1H3. The number of benzene rings is 4. The van der Waals surface area contributed by atoms with Gasteiger partial charge in [-0.3, -0.25) is 0 Å². The lowest BCUT2D eigenvalue weighted by Crippen LogP contribution is -2.16. The summed E-state index contributed by atoms with van der Waals surface area (Å²) in [6.45, 7) is 2.37. The smallest absolute Gasteiger partial charge is 0.338 e. The van der Waals surface area contributed by atoms with Gasteiger partial charge in [0.15, 0.2) is 0 Å². The maximum atomic E-state index is 11.9. The Morgan fingerprint density at radius 3 is 2.13 bits per heavy atom. The predicted molar refractivity (Wildman–Crippen MR) is 155 cm³/mol. The molecule has 0 saturated carbocycles. The molecular weight excluding hydrogens is 510 g/mol. The molecule has 0 atom stereocenters. The highest BCUT2D eigenvalue weighted by molar-refractivity contribution is 6.31. The van der Waals surface area contributed by atoms with Crippen molar-refractivity contribution in [3.05, 3.63) is 136 Å². The SMILES string of the molecule is CCOC(=O)c1ccc(OCCc2c(CO)n(C(c3ccccc3)c3ccccc3)c3ccc(Cl)cc23)cc1. The maximum absolute atomic E-state index is 11.9. The molecule has 0 fully saturated rings. The van der Waals surface area contributed by atoms with E-state index in [-0.39, 0.29) is 18.6 Å². The molecule has 5 nitrogen and oxygen atoms in total. The third-order valence-electron chi connectivity index (χ3n) is 6.81. The van der Waals surface area contributed by atoms with Gasteiger partial charge in [0.25, 0.3) is 0 Å². The van der Waals surface area contributed by atoms with Gasteiger partial charge in [0.05, 0.1) is 31.4 Å². The fourth-order valence-electron chi connectivity index (χ4n) is 5.09. The van der Waals surface area contributed by atoms with Crippen LogP contribution in [-0.2, 0) is 17.8 Å². The summed E-state index contributed by atoms with van der Waals surface area (Å²) in [6, 6.07) is 33.3. The molecule has 5 aromatic rings. The first-order valence-corrected chi connectivity index (χ1v) is 13.4. The van der Waals surface area contributed by atoms with E-state index in [1.165, 1.54) is 0 Å². The number of ether oxygens (including phenoxy) is 2. The maximum Gasteiger partial charge on any atom is 0.338 e.